The van der Waals surface area contributed by atoms with Gasteiger partial charge in [0.1, 0.15) is 0 Å². The molecule has 0 aromatic carbocycles. The Kier molecular flexibility index (Phi) is 13.0. The van der Waals surface area contributed by atoms with Gasteiger partial charge in [0.05, 0.1) is 0 Å². The van der Waals surface area contributed by atoms with Crippen molar-refractivity contribution in [3.8, 4) is 0 Å². The highest BCUT2D eigenvalue weighted by atomic mass is 16.3. The largest absolute Gasteiger partial charge is 0.396 e. The molecule has 1 atom stereocenters. The molecule has 98 valence electrons. The van der Waals surface area contributed by atoms with Crippen molar-refractivity contribution < 1.29 is 5.11 Å². The van der Waals surface area contributed by atoms with Crippen LogP contribution >= 0.6 is 0 Å². The van der Waals surface area contributed by atoms with Crippen molar-refractivity contribution in [1.82, 2.24) is 0 Å². The van der Waals surface area contributed by atoms with Crippen molar-refractivity contribution in [3.63, 3.8) is 0 Å². The van der Waals surface area contributed by atoms with Crippen molar-refractivity contribution in [1.29, 1.82) is 0 Å². The molecule has 0 spiro atoms. The SMILES string of the molecule is CCCCCCCCCC[C@@H](CO)CCC. The van der Waals surface area contributed by atoms with Crippen LogP contribution in [0.2, 0.25) is 0 Å². The summed E-state index contributed by atoms with van der Waals surface area (Å²) in [5.74, 6) is 0.574. The number of hydrogen-bond donors (Lipinski definition) is 1. The van der Waals surface area contributed by atoms with E-state index >= 15 is 0 Å². The molecule has 1 heteroatoms. The summed E-state index contributed by atoms with van der Waals surface area (Å²) in [6.45, 7) is 4.86. The van der Waals surface area contributed by atoms with Crippen LogP contribution in [0.15, 0.2) is 0 Å². The van der Waals surface area contributed by atoms with Gasteiger partial charge in [-0.25, -0.2) is 0 Å². The minimum Gasteiger partial charge on any atom is -0.396 e. The molecule has 0 rings (SSSR count). The summed E-state index contributed by atoms with van der Waals surface area (Å²) in [5, 5.41) is 9.16. The molecule has 0 heterocycles. The molecule has 0 amide bonds. The predicted octanol–water partition coefficient (Wildman–Crippen LogP) is 4.93. The molecule has 0 unspecified atom stereocenters. The molecule has 0 radical (unpaired) electrons. The Balaban J connectivity index is 3.12. The Morgan fingerprint density at radius 3 is 1.75 bits per heavy atom. The zero-order chi connectivity index (χ0) is 12.1. The van der Waals surface area contributed by atoms with E-state index < -0.39 is 0 Å². The Bertz CT molecular complexity index is 123. The summed E-state index contributed by atoms with van der Waals surface area (Å²) in [4.78, 5) is 0. The molecular weight excluding hydrogens is 196 g/mol. The van der Waals surface area contributed by atoms with Crippen LogP contribution in [-0.4, -0.2) is 11.7 Å². The van der Waals surface area contributed by atoms with Gasteiger partial charge in [-0.2, -0.15) is 0 Å². The van der Waals surface area contributed by atoms with E-state index in [9.17, 15) is 0 Å². The molecule has 1 nitrogen and oxygen atoms in total. The van der Waals surface area contributed by atoms with E-state index in [0.717, 1.165) is 0 Å². The van der Waals surface area contributed by atoms with Gasteiger partial charge >= 0.3 is 0 Å². The first kappa shape index (κ1) is 16.0. The third-order valence-corrected chi connectivity index (χ3v) is 3.42. The first-order chi connectivity index (χ1) is 7.85. The van der Waals surface area contributed by atoms with Crippen LogP contribution in [0.1, 0.15) is 84.5 Å². The fourth-order valence-corrected chi connectivity index (χ4v) is 2.30. The van der Waals surface area contributed by atoms with Crippen LogP contribution < -0.4 is 0 Å². The molecular formula is C15H32O. The van der Waals surface area contributed by atoms with Gasteiger partial charge in [-0.3, -0.25) is 0 Å². The van der Waals surface area contributed by atoms with E-state index in [1.54, 1.807) is 0 Å². The predicted molar refractivity (Wildman–Crippen MR) is 72.7 cm³/mol. The zero-order valence-corrected chi connectivity index (χ0v) is 11.5. The van der Waals surface area contributed by atoms with Crippen molar-refractivity contribution in [2.75, 3.05) is 6.61 Å². The lowest BCUT2D eigenvalue weighted by atomic mass is 9.97. The van der Waals surface area contributed by atoms with Gasteiger partial charge in [0.2, 0.25) is 0 Å². The van der Waals surface area contributed by atoms with Gasteiger partial charge in [-0.05, 0) is 18.8 Å². The van der Waals surface area contributed by atoms with Gasteiger partial charge in [0.25, 0.3) is 0 Å². The van der Waals surface area contributed by atoms with E-state index in [1.165, 1.54) is 70.6 Å². The Morgan fingerprint density at radius 1 is 0.688 bits per heavy atom. The quantitative estimate of drug-likeness (QED) is 0.470. The Labute approximate surface area is 103 Å². The summed E-state index contributed by atoms with van der Waals surface area (Å²) in [6, 6.07) is 0. The maximum Gasteiger partial charge on any atom is 0.0459 e. The van der Waals surface area contributed by atoms with Crippen LogP contribution in [0, 0.1) is 5.92 Å². The summed E-state index contributed by atoms with van der Waals surface area (Å²) in [5.41, 5.74) is 0. The first-order valence-corrected chi connectivity index (χ1v) is 7.46. The summed E-state index contributed by atoms with van der Waals surface area (Å²) < 4.78 is 0. The Morgan fingerprint density at radius 2 is 1.25 bits per heavy atom. The normalized spacial score (nSPS) is 12.9. The highest BCUT2D eigenvalue weighted by molar-refractivity contribution is 4.57. The second-order valence-electron chi connectivity index (χ2n) is 5.10. The summed E-state index contributed by atoms with van der Waals surface area (Å²) >= 11 is 0. The number of aliphatic hydroxyl groups is 1. The molecule has 0 aliphatic carbocycles. The van der Waals surface area contributed by atoms with E-state index in [4.69, 9.17) is 5.11 Å². The average Bonchev–Trinajstić information content (AvgIpc) is 2.31. The van der Waals surface area contributed by atoms with Crippen LogP contribution in [0.25, 0.3) is 0 Å². The molecule has 0 bridgehead atoms. The molecule has 1 N–H and O–H groups in total. The molecule has 0 aliphatic rings. The summed E-state index contributed by atoms with van der Waals surface area (Å²) in [6.07, 6.45) is 14.7. The smallest absolute Gasteiger partial charge is 0.0459 e. The minimum atomic E-state index is 0.393. The fraction of sp³-hybridized carbons (Fsp3) is 1.00. The molecule has 16 heavy (non-hydrogen) atoms. The lowest BCUT2D eigenvalue weighted by Crippen LogP contribution is -2.05. The van der Waals surface area contributed by atoms with E-state index in [1.807, 2.05) is 0 Å². The highest BCUT2D eigenvalue weighted by Crippen LogP contribution is 2.16. The fourth-order valence-electron chi connectivity index (χ4n) is 2.30. The second kappa shape index (κ2) is 13.0. The molecule has 0 aliphatic heterocycles. The van der Waals surface area contributed by atoms with Gasteiger partial charge in [0, 0.05) is 6.61 Å². The van der Waals surface area contributed by atoms with Crippen LogP contribution in [0.4, 0.5) is 0 Å². The van der Waals surface area contributed by atoms with Gasteiger partial charge < -0.3 is 5.11 Å². The van der Waals surface area contributed by atoms with Gasteiger partial charge in [0.15, 0.2) is 0 Å². The van der Waals surface area contributed by atoms with E-state index in [-0.39, 0.29) is 0 Å². The number of rotatable bonds is 12. The third kappa shape index (κ3) is 10.5. The van der Waals surface area contributed by atoms with E-state index in [2.05, 4.69) is 13.8 Å². The summed E-state index contributed by atoms with van der Waals surface area (Å²) in [7, 11) is 0. The van der Waals surface area contributed by atoms with E-state index in [0.29, 0.717) is 12.5 Å². The Hall–Kier alpha value is -0.0400. The van der Waals surface area contributed by atoms with Crippen molar-refractivity contribution in [3.05, 3.63) is 0 Å². The molecule has 0 aromatic rings. The van der Waals surface area contributed by atoms with Crippen LogP contribution in [0.5, 0.6) is 0 Å². The van der Waals surface area contributed by atoms with Crippen LogP contribution in [0.3, 0.4) is 0 Å². The van der Waals surface area contributed by atoms with Crippen molar-refractivity contribution in [2.45, 2.75) is 84.5 Å². The molecule has 0 saturated heterocycles. The average molecular weight is 228 g/mol. The standard InChI is InChI=1S/C15H32O/c1-3-5-6-7-8-9-10-11-13-15(14-16)12-4-2/h15-16H,3-14H2,1-2H3/t15-/m0/s1. The number of hydrogen-bond acceptors (Lipinski definition) is 1. The lowest BCUT2D eigenvalue weighted by molar-refractivity contribution is 0.206. The molecule has 0 aromatic heterocycles. The van der Waals surface area contributed by atoms with Gasteiger partial charge in [-0.15, -0.1) is 0 Å². The first-order valence-electron chi connectivity index (χ1n) is 7.46. The highest BCUT2D eigenvalue weighted by Gasteiger charge is 2.05. The number of aliphatic hydroxyl groups excluding tert-OH is 1. The van der Waals surface area contributed by atoms with Crippen molar-refractivity contribution >= 4 is 0 Å². The monoisotopic (exact) mass is 228 g/mol. The van der Waals surface area contributed by atoms with Crippen molar-refractivity contribution in [2.24, 2.45) is 5.92 Å². The maximum atomic E-state index is 9.16. The lowest BCUT2D eigenvalue weighted by Gasteiger charge is -2.12. The molecule has 0 saturated carbocycles. The van der Waals surface area contributed by atoms with Crippen LogP contribution in [-0.2, 0) is 0 Å². The second-order valence-corrected chi connectivity index (χ2v) is 5.10. The maximum absolute atomic E-state index is 9.16. The zero-order valence-electron chi connectivity index (χ0n) is 11.5. The molecule has 0 fully saturated rings. The third-order valence-electron chi connectivity index (χ3n) is 3.42. The number of unbranched alkanes of at least 4 members (excludes halogenated alkanes) is 7. The van der Waals surface area contributed by atoms with Gasteiger partial charge in [-0.1, -0.05) is 71.6 Å². The topological polar surface area (TPSA) is 20.2 Å². The minimum absolute atomic E-state index is 0.393.